The largest absolute Gasteiger partial charge is 0.343 e. The molecule has 1 saturated heterocycles. The number of para-hydroxylation sites is 1. The summed E-state index contributed by atoms with van der Waals surface area (Å²) < 4.78 is 2.13. The fourth-order valence-electron chi connectivity index (χ4n) is 3.79. The van der Waals surface area contributed by atoms with Crippen molar-refractivity contribution in [1.82, 2.24) is 14.4 Å². The molecule has 0 bridgehead atoms. The number of carbonyl (C=O) groups is 2. The molecule has 1 atom stereocenters. The minimum Gasteiger partial charge on any atom is -0.343 e. The molecule has 2 amide bonds. The monoisotopic (exact) mass is 341 g/mol. The molecular formula is C20H27N3O2. The van der Waals surface area contributed by atoms with Crippen molar-refractivity contribution in [2.75, 3.05) is 26.7 Å². The zero-order valence-electron chi connectivity index (χ0n) is 15.4. The number of aryl methyl sites for hydroxylation is 1. The van der Waals surface area contributed by atoms with Crippen molar-refractivity contribution in [2.24, 2.45) is 5.92 Å². The molecule has 5 heteroatoms. The average molecular weight is 341 g/mol. The number of likely N-dealkylation sites (tertiary alicyclic amines) is 1. The highest BCUT2D eigenvalue weighted by Crippen LogP contribution is 2.23. The van der Waals surface area contributed by atoms with Crippen LogP contribution in [0.15, 0.2) is 30.3 Å². The lowest BCUT2D eigenvalue weighted by Crippen LogP contribution is -2.34. The number of aromatic nitrogens is 1. The lowest BCUT2D eigenvalue weighted by atomic mass is 10.1. The van der Waals surface area contributed by atoms with E-state index in [9.17, 15) is 9.59 Å². The molecular weight excluding hydrogens is 314 g/mol. The molecule has 5 nitrogen and oxygen atoms in total. The molecule has 1 aliphatic heterocycles. The van der Waals surface area contributed by atoms with Crippen molar-refractivity contribution >= 4 is 22.7 Å². The molecule has 0 unspecified atom stereocenters. The predicted octanol–water partition coefficient (Wildman–Crippen LogP) is 2.99. The molecule has 0 spiro atoms. The Morgan fingerprint density at radius 3 is 2.72 bits per heavy atom. The van der Waals surface area contributed by atoms with Gasteiger partial charge in [0.05, 0.1) is 0 Å². The van der Waals surface area contributed by atoms with Crippen LogP contribution in [0.1, 0.15) is 37.2 Å². The molecule has 1 aromatic carbocycles. The van der Waals surface area contributed by atoms with E-state index < -0.39 is 0 Å². The van der Waals surface area contributed by atoms with Crippen molar-refractivity contribution in [2.45, 2.75) is 33.2 Å². The van der Waals surface area contributed by atoms with Crippen LogP contribution in [0, 0.1) is 5.92 Å². The van der Waals surface area contributed by atoms with Crippen LogP contribution in [-0.4, -0.2) is 52.9 Å². The van der Waals surface area contributed by atoms with Gasteiger partial charge in [-0.1, -0.05) is 25.1 Å². The number of carbonyl (C=O) groups excluding carboxylic acids is 2. The van der Waals surface area contributed by atoms with Gasteiger partial charge >= 0.3 is 0 Å². The topological polar surface area (TPSA) is 45.6 Å². The summed E-state index contributed by atoms with van der Waals surface area (Å²) in [6.45, 7) is 6.82. The maximum absolute atomic E-state index is 13.0. The molecule has 3 rings (SSSR count). The first-order chi connectivity index (χ1) is 12.0. The quantitative estimate of drug-likeness (QED) is 0.839. The summed E-state index contributed by atoms with van der Waals surface area (Å²) in [6.07, 6.45) is 1.95. The van der Waals surface area contributed by atoms with Crippen LogP contribution in [0.5, 0.6) is 0 Å². The average Bonchev–Trinajstić information content (AvgIpc) is 3.20. The standard InChI is InChI=1S/C20H27N3O2/c1-4-10-23-18-8-6-5-7-17(18)12-19(23)20(25)21(3)13-16-9-11-22(14-16)15(2)24/h5-8,12,16H,4,9-11,13-14H2,1-3H3/t16-/m1/s1. The molecule has 1 aromatic heterocycles. The third-order valence-electron chi connectivity index (χ3n) is 5.09. The fourth-order valence-corrected chi connectivity index (χ4v) is 3.79. The maximum atomic E-state index is 13.0. The van der Waals surface area contributed by atoms with Crippen LogP contribution >= 0.6 is 0 Å². The van der Waals surface area contributed by atoms with E-state index in [1.807, 2.05) is 35.0 Å². The van der Waals surface area contributed by atoms with Gasteiger partial charge in [0.25, 0.3) is 5.91 Å². The van der Waals surface area contributed by atoms with Crippen molar-refractivity contribution in [3.63, 3.8) is 0 Å². The Labute approximate surface area is 149 Å². The van der Waals surface area contributed by atoms with Gasteiger partial charge in [-0.3, -0.25) is 9.59 Å². The third-order valence-corrected chi connectivity index (χ3v) is 5.09. The number of fused-ring (bicyclic) bond motifs is 1. The first-order valence-electron chi connectivity index (χ1n) is 9.10. The fraction of sp³-hybridized carbons (Fsp3) is 0.500. The van der Waals surface area contributed by atoms with Gasteiger partial charge in [0, 0.05) is 51.1 Å². The Kier molecular flexibility index (Phi) is 5.11. The van der Waals surface area contributed by atoms with Crippen LogP contribution in [0.3, 0.4) is 0 Å². The molecule has 0 N–H and O–H groups in total. The number of amides is 2. The lowest BCUT2D eigenvalue weighted by molar-refractivity contribution is -0.127. The zero-order valence-corrected chi connectivity index (χ0v) is 15.4. The van der Waals surface area contributed by atoms with E-state index in [0.717, 1.165) is 49.1 Å². The first-order valence-corrected chi connectivity index (χ1v) is 9.10. The van der Waals surface area contributed by atoms with Crippen LogP contribution in [0.25, 0.3) is 10.9 Å². The minimum absolute atomic E-state index is 0.0610. The van der Waals surface area contributed by atoms with E-state index in [0.29, 0.717) is 12.5 Å². The van der Waals surface area contributed by atoms with E-state index in [1.54, 1.807) is 6.92 Å². The van der Waals surface area contributed by atoms with Gasteiger partial charge < -0.3 is 14.4 Å². The molecule has 1 aliphatic rings. The number of nitrogens with zero attached hydrogens (tertiary/aromatic N) is 3. The van der Waals surface area contributed by atoms with Gasteiger partial charge in [0.2, 0.25) is 5.91 Å². The van der Waals surface area contributed by atoms with E-state index >= 15 is 0 Å². The first kappa shape index (κ1) is 17.5. The molecule has 1 fully saturated rings. The molecule has 25 heavy (non-hydrogen) atoms. The smallest absolute Gasteiger partial charge is 0.270 e. The minimum atomic E-state index is 0.0610. The summed E-state index contributed by atoms with van der Waals surface area (Å²) in [5.41, 5.74) is 1.87. The zero-order chi connectivity index (χ0) is 18.0. The Bertz CT molecular complexity index is 780. The number of benzene rings is 1. The van der Waals surface area contributed by atoms with Crippen molar-refractivity contribution in [3.05, 3.63) is 36.0 Å². The summed E-state index contributed by atoms with van der Waals surface area (Å²) in [5.74, 6) is 0.548. The highest BCUT2D eigenvalue weighted by molar-refractivity contribution is 5.98. The summed E-state index contributed by atoms with van der Waals surface area (Å²) in [7, 11) is 1.87. The SMILES string of the molecule is CCCn1c(C(=O)N(C)C[C@H]2CCN(C(C)=O)C2)cc2ccccc21. The summed E-state index contributed by atoms with van der Waals surface area (Å²) in [4.78, 5) is 28.2. The molecule has 2 aromatic rings. The Morgan fingerprint density at radius 2 is 2.04 bits per heavy atom. The van der Waals surface area contributed by atoms with Gasteiger partial charge in [0.1, 0.15) is 5.69 Å². The van der Waals surface area contributed by atoms with Crippen molar-refractivity contribution in [1.29, 1.82) is 0 Å². The number of hydrogen-bond acceptors (Lipinski definition) is 2. The van der Waals surface area contributed by atoms with Gasteiger partial charge in [-0.15, -0.1) is 0 Å². The Hall–Kier alpha value is -2.30. The Balaban J connectivity index is 1.77. The van der Waals surface area contributed by atoms with Crippen LogP contribution in [0.2, 0.25) is 0 Å². The predicted molar refractivity (Wildman–Crippen MR) is 99.6 cm³/mol. The highest BCUT2D eigenvalue weighted by Gasteiger charge is 2.27. The third kappa shape index (κ3) is 3.55. The van der Waals surface area contributed by atoms with E-state index in [2.05, 4.69) is 23.6 Å². The summed E-state index contributed by atoms with van der Waals surface area (Å²) in [6, 6.07) is 10.1. The second-order valence-corrected chi connectivity index (χ2v) is 7.05. The van der Waals surface area contributed by atoms with Gasteiger partial charge in [-0.2, -0.15) is 0 Å². The molecule has 0 saturated carbocycles. The molecule has 0 radical (unpaired) electrons. The normalized spacial score (nSPS) is 17.2. The van der Waals surface area contributed by atoms with E-state index in [4.69, 9.17) is 0 Å². The summed E-state index contributed by atoms with van der Waals surface area (Å²) in [5, 5.41) is 1.11. The van der Waals surface area contributed by atoms with E-state index in [-0.39, 0.29) is 11.8 Å². The lowest BCUT2D eigenvalue weighted by Gasteiger charge is -2.22. The van der Waals surface area contributed by atoms with Gasteiger partial charge in [0.15, 0.2) is 0 Å². The molecule has 134 valence electrons. The van der Waals surface area contributed by atoms with E-state index in [1.165, 1.54) is 0 Å². The Morgan fingerprint density at radius 1 is 1.28 bits per heavy atom. The summed E-state index contributed by atoms with van der Waals surface area (Å²) >= 11 is 0. The van der Waals surface area contributed by atoms with Gasteiger partial charge in [-0.05, 0) is 30.9 Å². The molecule has 0 aliphatic carbocycles. The second-order valence-electron chi connectivity index (χ2n) is 7.05. The highest BCUT2D eigenvalue weighted by atomic mass is 16.2. The molecule has 2 heterocycles. The number of hydrogen-bond donors (Lipinski definition) is 0. The number of rotatable bonds is 5. The van der Waals surface area contributed by atoms with Crippen LogP contribution in [-0.2, 0) is 11.3 Å². The van der Waals surface area contributed by atoms with Gasteiger partial charge in [-0.25, -0.2) is 0 Å². The maximum Gasteiger partial charge on any atom is 0.270 e. The second kappa shape index (κ2) is 7.30. The van der Waals surface area contributed by atoms with Crippen molar-refractivity contribution < 1.29 is 9.59 Å². The van der Waals surface area contributed by atoms with Crippen molar-refractivity contribution in [3.8, 4) is 0 Å². The van der Waals surface area contributed by atoms with Crippen LogP contribution in [0.4, 0.5) is 0 Å². The van der Waals surface area contributed by atoms with Crippen LogP contribution < -0.4 is 0 Å².